The molecule has 1 aliphatic rings. The fourth-order valence-corrected chi connectivity index (χ4v) is 6.00. The lowest BCUT2D eigenvalue weighted by molar-refractivity contribution is 0.0464. The zero-order valence-electron chi connectivity index (χ0n) is 13.2. The van der Waals surface area contributed by atoms with Gasteiger partial charge in [0, 0.05) is 17.6 Å². The van der Waals surface area contributed by atoms with Gasteiger partial charge in [0.2, 0.25) is 0 Å². The second kappa shape index (κ2) is 7.68. The normalized spacial score (nSPS) is 14.7. The average Bonchev–Trinajstić information content (AvgIpc) is 3.42. The topological polar surface area (TPSA) is 52.3 Å². The predicted molar refractivity (Wildman–Crippen MR) is 103 cm³/mol. The number of rotatable bonds is 5. The van der Waals surface area contributed by atoms with Gasteiger partial charge in [0.1, 0.15) is 12.3 Å². The minimum absolute atomic E-state index is 0.101. The first-order chi connectivity index (χ1) is 12.3. The van der Waals surface area contributed by atoms with E-state index in [2.05, 4.69) is 5.16 Å². The SMILES string of the molecule is O=C(OCc1cc(-c2cccs2)on1)c1ccc(C2SCCS2)cc1. The van der Waals surface area contributed by atoms with Crippen molar-refractivity contribution in [1.82, 2.24) is 5.16 Å². The molecule has 1 aliphatic heterocycles. The number of carbonyl (C=O) groups is 1. The molecule has 25 heavy (non-hydrogen) atoms. The number of ether oxygens (including phenoxy) is 1. The van der Waals surface area contributed by atoms with Crippen LogP contribution in [0.1, 0.15) is 26.2 Å². The lowest BCUT2D eigenvalue weighted by Gasteiger charge is -2.09. The molecule has 3 aromatic rings. The number of carbonyl (C=O) groups excluding carboxylic acids is 1. The monoisotopic (exact) mass is 389 g/mol. The summed E-state index contributed by atoms with van der Waals surface area (Å²) < 4.78 is 11.1. The maximum atomic E-state index is 12.2. The van der Waals surface area contributed by atoms with E-state index in [1.54, 1.807) is 17.4 Å². The van der Waals surface area contributed by atoms with Gasteiger partial charge in [0.15, 0.2) is 5.76 Å². The van der Waals surface area contributed by atoms with Gasteiger partial charge < -0.3 is 9.26 Å². The molecule has 7 heteroatoms. The van der Waals surface area contributed by atoms with Crippen molar-refractivity contribution < 1.29 is 14.1 Å². The summed E-state index contributed by atoms with van der Waals surface area (Å²) in [5.41, 5.74) is 2.41. The van der Waals surface area contributed by atoms with Gasteiger partial charge in [-0.05, 0) is 29.1 Å². The summed E-state index contributed by atoms with van der Waals surface area (Å²) >= 11 is 5.47. The van der Waals surface area contributed by atoms with Crippen LogP contribution in [0.15, 0.2) is 52.4 Å². The summed E-state index contributed by atoms with van der Waals surface area (Å²) in [7, 11) is 0. The van der Waals surface area contributed by atoms with Gasteiger partial charge in [-0.1, -0.05) is 23.4 Å². The van der Waals surface area contributed by atoms with E-state index in [0.717, 1.165) is 4.88 Å². The Hall–Kier alpha value is -1.70. The summed E-state index contributed by atoms with van der Waals surface area (Å²) in [6.45, 7) is 0.101. The lowest BCUT2D eigenvalue weighted by Crippen LogP contribution is -2.05. The Labute approximate surface area is 157 Å². The van der Waals surface area contributed by atoms with Crippen LogP contribution in [0.2, 0.25) is 0 Å². The number of hydrogen-bond donors (Lipinski definition) is 0. The minimum atomic E-state index is -0.348. The second-order valence-corrected chi connectivity index (χ2v) is 9.10. The first-order valence-electron chi connectivity index (χ1n) is 7.79. The third-order valence-corrected chi connectivity index (χ3v) is 7.70. The molecule has 0 bridgehead atoms. The van der Waals surface area contributed by atoms with Crippen molar-refractivity contribution >= 4 is 40.8 Å². The standard InChI is InChI=1S/C18H15NO3S3/c20-17(12-3-5-13(6-4-12)18-24-8-9-25-18)21-11-14-10-15(22-19-14)16-2-1-7-23-16/h1-7,10,18H,8-9,11H2. The van der Waals surface area contributed by atoms with Crippen molar-refractivity contribution in [2.24, 2.45) is 0 Å². The molecule has 4 rings (SSSR count). The van der Waals surface area contributed by atoms with Gasteiger partial charge in [-0.2, -0.15) is 0 Å². The summed E-state index contributed by atoms with van der Waals surface area (Å²) in [6, 6.07) is 13.4. The van der Waals surface area contributed by atoms with E-state index < -0.39 is 0 Å². The Morgan fingerprint density at radius 3 is 2.72 bits per heavy atom. The Kier molecular flexibility index (Phi) is 5.14. The average molecular weight is 390 g/mol. The van der Waals surface area contributed by atoms with Gasteiger partial charge in [0.25, 0.3) is 0 Å². The quantitative estimate of drug-likeness (QED) is 0.556. The van der Waals surface area contributed by atoms with Crippen LogP contribution >= 0.6 is 34.9 Å². The highest BCUT2D eigenvalue weighted by Crippen LogP contribution is 2.45. The minimum Gasteiger partial charge on any atom is -0.455 e. The molecule has 1 fully saturated rings. The maximum Gasteiger partial charge on any atom is 0.338 e. The first-order valence-corrected chi connectivity index (χ1v) is 10.8. The van der Waals surface area contributed by atoms with Gasteiger partial charge in [0.05, 0.1) is 15.0 Å². The van der Waals surface area contributed by atoms with E-state index in [0.29, 0.717) is 21.6 Å². The van der Waals surface area contributed by atoms with E-state index in [4.69, 9.17) is 9.26 Å². The van der Waals surface area contributed by atoms with Gasteiger partial charge in [-0.25, -0.2) is 4.79 Å². The van der Waals surface area contributed by atoms with Crippen molar-refractivity contribution in [2.45, 2.75) is 11.2 Å². The fourth-order valence-electron chi connectivity index (χ4n) is 2.46. The third-order valence-electron chi connectivity index (χ3n) is 3.71. The van der Waals surface area contributed by atoms with E-state index >= 15 is 0 Å². The molecule has 1 saturated heterocycles. The second-order valence-electron chi connectivity index (χ2n) is 5.43. The van der Waals surface area contributed by atoms with E-state index in [1.165, 1.54) is 17.1 Å². The van der Waals surface area contributed by atoms with Crippen LogP contribution in [0.4, 0.5) is 0 Å². The molecule has 2 aromatic heterocycles. The van der Waals surface area contributed by atoms with Crippen LogP contribution in [-0.4, -0.2) is 22.6 Å². The smallest absolute Gasteiger partial charge is 0.338 e. The van der Waals surface area contributed by atoms with Gasteiger partial charge in [-0.15, -0.1) is 34.9 Å². The summed E-state index contributed by atoms with van der Waals surface area (Å²) in [6.07, 6.45) is 0. The lowest BCUT2D eigenvalue weighted by atomic mass is 10.1. The summed E-state index contributed by atoms with van der Waals surface area (Å²) in [4.78, 5) is 13.2. The van der Waals surface area contributed by atoms with E-state index in [-0.39, 0.29) is 12.6 Å². The first kappa shape index (κ1) is 16.8. The number of nitrogens with zero attached hydrogens (tertiary/aromatic N) is 1. The van der Waals surface area contributed by atoms with Crippen LogP contribution in [0, 0.1) is 0 Å². The molecule has 0 saturated carbocycles. The summed E-state index contributed by atoms with van der Waals surface area (Å²) in [5.74, 6) is 2.71. The molecular weight excluding hydrogens is 374 g/mol. The number of hydrogen-bond acceptors (Lipinski definition) is 7. The highest BCUT2D eigenvalue weighted by molar-refractivity contribution is 8.19. The third kappa shape index (κ3) is 3.94. The molecule has 3 heterocycles. The van der Waals surface area contributed by atoms with Crippen molar-refractivity contribution in [3.63, 3.8) is 0 Å². The molecule has 1 aromatic carbocycles. The molecule has 0 N–H and O–H groups in total. The van der Waals surface area contributed by atoms with Crippen molar-refractivity contribution in [3.8, 4) is 10.6 Å². The van der Waals surface area contributed by atoms with Crippen LogP contribution in [0.3, 0.4) is 0 Å². The molecule has 0 unspecified atom stereocenters. The zero-order chi connectivity index (χ0) is 17.1. The van der Waals surface area contributed by atoms with Crippen molar-refractivity contribution in [1.29, 1.82) is 0 Å². The molecule has 0 aliphatic carbocycles. The number of esters is 1. The Balaban J connectivity index is 1.35. The molecule has 0 amide bonds. The number of aromatic nitrogens is 1. The molecule has 128 valence electrons. The molecular formula is C18H15NO3S3. The van der Waals surface area contributed by atoms with Crippen molar-refractivity contribution in [2.75, 3.05) is 11.5 Å². The molecule has 0 atom stereocenters. The van der Waals surface area contributed by atoms with Gasteiger partial charge >= 0.3 is 5.97 Å². The largest absolute Gasteiger partial charge is 0.455 e. The Morgan fingerprint density at radius 1 is 1.20 bits per heavy atom. The maximum absolute atomic E-state index is 12.2. The molecule has 0 spiro atoms. The number of thioether (sulfide) groups is 2. The van der Waals surface area contributed by atoms with Crippen LogP contribution < -0.4 is 0 Å². The molecule has 4 nitrogen and oxygen atoms in total. The van der Waals surface area contributed by atoms with Gasteiger partial charge in [-0.3, -0.25) is 0 Å². The highest BCUT2D eigenvalue weighted by atomic mass is 32.2. The Morgan fingerprint density at radius 2 is 2.00 bits per heavy atom. The number of thiophene rings is 1. The number of benzene rings is 1. The summed E-state index contributed by atoms with van der Waals surface area (Å²) in [5, 5.41) is 5.93. The Bertz CT molecular complexity index is 837. The highest BCUT2D eigenvalue weighted by Gasteiger charge is 2.19. The van der Waals surface area contributed by atoms with E-state index in [9.17, 15) is 4.79 Å². The molecule has 0 radical (unpaired) electrons. The van der Waals surface area contributed by atoms with Crippen LogP contribution in [0.25, 0.3) is 10.6 Å². The van der Waals surface area contributed by atoms with Crippen molar-refractivity contribution in [3.05, 3.63) is 64.7 Å². The zero-order valence-corrected chi connectivity index (χ0v) is 15.7. The fraction of sp³-hybridized carbons (Fsp3) is 0.222. The van der Waals surface area contributed by atoms with Crippen LogP contribution in [0.5, 0.6) is 0 Å². The van der Waals surface area contributed by atoms with Crippen LogP contribution in [-0.2, 0) is 11.3 Å². The predicted octanol–water partition coefficient (Wildman–Crippen LogP) is 5.24. The van der Waals surface area contributed by atoms with E-state index in [1.807, 2.05) is 65.3 Å².